The van der Waals surface area contributed by atoms with Crippen molar-refractivity contribution in [2.45, 2.75) is 31.5 Å². The van der Waals surface area contributed by atoms with Crippen LogP contribution >= 0.6 is 12.4 Å². The summed E-state index contributed by atoms with van der Waals surface area (Å²) in [5, 5.41) is 3.39. The summed E-state index contributed by atoms with van der Waals surface area (Å²) in [6.45, 7) is 2.31. The second-order valence-electron chi connectivity index (χ2n) is 4.42. The zero-order valence-electron chi connectivity index (χ0n) is 8.97. The van der Waals surface area contributed by atoms with Gasteiger partial charge in [0.25, 0.3) is 0 Å². The van der Waals surface area contributed by atoms with Crippen LogP contribution in [0.25, 0.3) is 0 Å². The Hall–Kier alpha value is 0.170. The van der Waals surface area contributed by atoms with Crippen LogP contribution in [0.3, 0.4) is 0 Å². The molecule has 1 spiro atoms. The standard InChI is InChI=1S/C10H19NO2.ClH/c1-12-10(13-2)7-9(8-10)3-5-11-6-4-9;/h11H,3-8H2,1-2H3;1H. The second-order valence-corrected chi connectivity index (χ2v) is 4.42. The van der Waals surface area contributed by atoms with Crippen molar-refractivity contribution in [2.24, 2.45) is 5.41 Å². The molecule has 0 aromatic heterocycles. The molecule has 1 aliphatic heterocycles. The van der Waals surface area contributed by atoms with Crippen LogP contribution in [0.2, 0.25) is 0 Å². The number of ether oxygens (including phenoxy) is 2. The minimum Gasteiger partial charge on any atom is -0.353 e. The Morgan fingerprint density at radius 3 is 1.93 bits per heavy atom. The van der Waals surface area contributed by atoms with Gasteiger partial charge in [-0.3, -0.25) is 0 Å². The average Bonchev–Trinajstić information content (AvgIpc) is 2.15. The zero-order chi connectivity index (χ0) is 9.36. The van der Waals surface area contributed by atoms with Crippen molar-refractivity contribution in [3.05, 3.63) is 0 Å². The minimum atomic E-state index is -0.253. The van der Waals surface area contributed by atoms with E-state index in [1.165, 1.54) is 12.8 Å². The number of hydrogen-bond acceptors (Lipinski definition) is 3. The van der Waals surface area contributed by atoms with Gasteiger partial charge in [0.05, 0.1) is 0 Å². The number of methoxy groups -OCH3 is 2. The first-order chi connectivity index (χ1) is 6.24. The molecule has 0 bridgehead atoms. The lowest BCUT2D eigenvalue weighted by molar-refractivity contribution is -0.300. The van der Waals surface area contributed by atoms with Crippen LogP contribution in [0.4, 0.5) is 0 Å². The molecule has 0 atom stereocenters. The molecule has 0 aromatic rings. The van der Waals surface area contributed by atoms with Crippen molar-refractivity contribution in [3.8, 4) is 0 Å². The third-order valence-electron chi connectivity index (χ3n) is 3.70. The molecule has 2 rings (SSSR count). The third kappa shape index (κ3) is 1.91. The molecule has 1 saturated heterocycles. The van der Waals surface area contributed by atoms with Gasteiger partial charge in [-0.1, -0.05) is 0 Å². The van der Waals surface area contributed by atoms with Gasteiger partial charge in [-0.2, -0.15) is 0 Å². The SMILES string of the molecule is COC1(OC)CC2(CCNCC2)C1.Cl. The maximum Gasteiger partial charge on any atom is 0.168 e. The first-order valence-electron chi connectivity index (χ1n) is 5.05. The van der Waals surface area contributed by atoms with Crippen LogP contribution in [0.15, 0.2) is 0 Å². The summed E-state index contributed by atoms with van der Waals surface area (Å²) in [6, 6.07) is 0. The fourth-order valence-corrected chi connectivity index (χ4v) is 2.77. The van der Waals surface area contributed by atoms with Crippen LogP contribution in [0, 0.1) is 5.41 Å². The molecule has 1 saturated carbocycles. The average molecular weight is 222 g/mol. The highest BCUT2D eigenvalue weighted by atomic mass is 35.5. The molecule has 0 unspecified atom stereocenters. The summed E-state index contributed by atoms with van der Waals surface area (Å²) in [5.74, 6) is -0.253. The number of halogens is 1. The van der Waals surface area contributed by atoms with Crippen LogP contribution < -0.4 is 5.32 Å². The maximum absolute atomic E-state index is 5.41. The monoisotopic (exact) mass is 221 g/mol. The molecule has 3 nitrogen and oxygen atoms in total. The van der Waals surface area contributed by atoms with Crippen molar-refractivity contribution in [1.29, 1.82) is 0 Å². The number of hydrogen-bond donors (Lipinski definition) is 1. The van der Waals surface area contributed by atoms with E-state index in [0.29, 0.717) is 5.41 Å². The summed E-state index contributed by atoms with van der Waals surface area (Å²) >= 11 is 0. The topological polar surface area (TPSA) is 30.5 Å². The summed E-state index contributed by atoms with van der Waals surface area (Å²) in [6.07, 6.45) is 4.71. The Morgan fingerprint density at radius 2 is 1.50 bits per heavy atom. The van der Waals surface area contributed by atoms with Gasteiger partial charge in [0.2, 0.25) is 0 Å². The van der Waals surface area contributed by atoms with E-state index in [1.54, 1.807) is 14.2 Å². The zero-order valence-corrected chi connectivity index (χ0v) is 9.78. The lowest BCUT2D eigenvalue weighted by atomic mass is 9.59. The van der Waals surface area contributed by atoms with Gasteiger partial charge in [0, 0.05) is 27.1 Å². The molecule has 1 N–H and O–H groups in total. The smallest absolute Gasteiger partial charge is 0.168 e. The highest BCUT2D eigenvalue weighted by Crippen LogP contribution is 2.55. The minimum absolute atomic E-state index is 0. The third-order valence-corrected chi connectivity index (χ3v) is 3.70. The van der Waals surface area contributed by atoms with Crippen molar-refractivity contribution in [3.63, 3.8) is 0 Å². The van der Waals surface area contributed by atoms with E-state index < -0.39 is 0 Å². The molecule has 4 heteroatoms. The molecular formula is C10H20ClNO2. The van der Waals surface area contributed by atoms with Gasteiger partial charge in [0.1, 0.15) is 0 Å². The van der Waals surface area contributed by atoms with Gasteiger partial charge in [-0.05, 0) is 31.3 Å². The lowest BCUT2D eigenvalue weighted by Gasteiger charge is -2.56. The van der Waals surface area contributed by atoms with E-state index in [0.717, 1.165) is 25.9 Å². The first kappa shape index (κ1) is 12.2. The van der Waals surface area contributed by atoms with Crippen LogP contribution in [-0.4, -0.2) is 33.1 Å². The highest BCUT2D eigenvalue weighted by molar-refractivity contribution is 5.85. The molecule has 84 valence electrons. The highest BCUT2D eigenvalue weighted by Gasteiger charge is 2.55. The Balaban J connectivity index is 0.000000980. The molecule has 0 aromatic carbocycles. The summed E-state index contributed by atoms with van der Waals surface area (Å²) in [5.41, 5.74) is 0.525. The Morgan fingerprint density at radius 1 is 1.00 bits per heavy atom. The quantitative estimate of drug-likeness (QED) is 0.718. The Kier molecular flexibility index (Phi) is 3.81. The molecule has 1 aliphatic carbocycles. The van der Waals surface area contributed by atoms with Gasteiger partial charge in [0.15, 0.2) is 5.79 Å². The molecule has 0 amide bonds. The van der Waals surface area contributed by atoms with Gasteiger partial charge < -0.3 is 14.8 Å². The molecule has 2 aliphatic rings. The molecular weight excluding hydrogens is 202 g/mol. The molecule has 1 heterocycles. The van der Waals surface area contributed by atoms with Crippen molar-refractivity contribution in [2.75, 3.05) is 27.3 Å². The predicted octanol–water partition coefficient (Wildman–Crippen LogP) is 1.56. The van der Waals surface area contributed by atoms with E-state index in [-0.39, 0.29) is 18.2 Å². The lowest BCUT2D eigenvalue weighted by Crippen LogP contribution is -2.57. The van der Waals surface area contributed by atoms with Crippen LogP contribution in [0.5, 0.6) is 0 Å². The van der Waals surface area contributed by atoms with E-state index >= 15 is 0 Å². The predicted molar refractivity (Wildman–Crippen MR) is 57.8 cm³/mol. The molecule has 2 fully saturated rings. The van der Waals surface area contributed by atoms with E-state index in [4.69, 9.17) is 9.47 Å². The van der Waals surface area contributed by atoms with Gasteiger partial charge in [-0.25, -0.2) is 0 Å². The van der Waals surface area contributed by atoms with E-state index in [2.05, 4.69) is 5.32 Å². The number of piperidine rings is 1. The molecule has 14 heavy (non-hydrogen) atoms. The van der Waals surface area contributed by atoms with Crippen molar-refractivity contribution >= 4 is 12.4 Å². The van der Waals surface area contributed by atoms with Gasteiger partial charge in [-0.15, -0.1) is 12.4 Å². The second kappa shape index (κ2) is 4.35. The van der Waals surface area contributed by atoms with Crippen LogP contribution in [-0.2, 0) is 9.47 Å². The fourth-order valence-electron chi connectivity index (χ4n) is 2.77. The van der Waals surface area contributed by atoms with Crippen molar-refractivity contribution < 1.29 is 9.47 Å². The number of nitrogens with one attached hydrogen (secondary N) is 1. The summed E-state index contributed by atoms with van der Waals surface area (Å²) in [4.78, 5) is 0. The van der Waals surface area contributed by atoms with Crippen molar-refractivity contribution in [1.82, 2.24) is 5.32 Å². The Bertz CT molecular complexity index is 179. The summed E-state index contributed by atoms with van der Waals surface area (Å²) in [7, 11) is 3.49. The number of rotatable bonds is 2. The first-order valence-corrected chi connectivity index (χ1v) is 5.05. The van der Waals surface area contributed by atoms with E-state index in [9.17, 15) is 0 Å². The maximum atomic E-state index is 5.41. The normalized spacial score (nSPS) is 27.9. The summed E-state index contributed by atoms with van der Waals surface area (Å²) < 4.78 is 10.8. The van der Waals surface area contributed by atoms with Gasteiger partial charge >= 0.3 is 0 Å². The Labute approximate surface area is 91.9 Å². The fraction of sp³-hybridized carbons (Fsp3) is 1.00. The van der Waals surface area contributed by atoms with Crippen LogP contribution in [0.1, 0.15) is 25.7 Å². The van der Waals surface area contributed by atoms with E-state index in [1.807, 2.05) is 0 Å². The largest absolute Gasteiger partial charge is 0.353 e. The molecule has 0 radical (unpaired) electrons.